The summed E-state index contributed by atoms with van der Waals surface area (Å²) in [5, 5.41) is 3.38. The second kappa shape index (κ2) is 6.92. The molecule has 0 spiro atoms. The zero-order chi connectivity index (χ0) is 17.1. The molecule has 7 heteroatoms. The van der Waals surface area contributed by atoms with E-state index in [9.17, 15) is 9.18 Å². The van der Waals surface area contributed by atoms with E-state index in [-0.39, 0.29) is 11.4 Å². The molecule has 0 saturated heterocycles. The quantitative estimate of drug-likeness (QED) is 0.710. The van der Waals surface area contributed by atoms with Crippen molar-refractivity contribution in [1.29, 1.82) is 0 Å². The van der Waals surface area contributed by atoms with Gasteiger partial charge in [-0.15, -0.1) is 0 Å². The smallest absolute Gasteiger partial charge is 0.291 e. The standard InChI is InChI=1S/C17H16FN3O2S/c1-11-3-5-14(13(18)9-11)20-16(22)15-6-4-12(23-15)10-24-17-19-7-8-21(17)2/h3-9H,10H2,1-2H3,(H,20,22). The Hall–Kier alpha value is -2.54. The van der Waals surface area contributed by atoms with Crippen LogP contribution in [0, 0.1) is 12.7 Å². The molecular weight excluding hydrogens is 329 g/mol. The maximum atomic E-state index is 13.8. The average Bonchev–Trinajstić information content (AvgIpc) is 3.17. The first kappa shape index (κ1) is 16.3. The van der Waals surface area contributed by atoms with Crippen molar-refractivity contribution in [3.05, 3.63) is 65.6 Å². The highest BCUT2D eigenvalue weighted by molar-refractivity contribution is 7.98. The third kappa shape index (κ3) is 3.68. The van der Waals surface area contributed by atoms with Gasteiger partial charge in [-0.3, -0.25) is 4.79 Å². The van der Waals surface area contributed by atoms with E-state index in [1.54, 1.807) is 31.3 Å². The van der Waals surface area contributed by atoms with Crippen LogP contribution < -0.4 is 5.32 Å². The molecule has 2 aromatic heterocycles. The highest BCUT2D eigenvalue weighted by Gasteiger charge is 2.14. The molecule has 0 bridgehead atoms. The van der Waals surface area contributed by atoms with E-state index in [1.807, 2.05) is 17.8 Å². The number of benzene rings is 1. The molecule has 0 unspecified atom stereocenters. The van der Waals surface area contributed by atoms with E-state index < -0.39 is 11.7 Å². The third-order valence-corrected chi connectivity index (χ3v) is 4.46. The summed E-state index contributed by atoms with van der Waals surface area (Å²) in [5.41, 5.74) is 0.919. The molecule has 1 amide bonds. The Labute approximate surface area is 142 Å². The molecule has 24 heavy (non-hydrogen) atoms. The number of halogens is 1. The number of rotatable bonds is 5. The second-order valence-electron chi connectivity index (χ2n) is 5.31. The summed E-state index contributed by atoms with van der Waals surface area (Å²) in [7, 11) is 1.91. The first-order valence-electron chi connectivity index (χ1n) is 7.29. The third-order valence-electron chi connectivity index (χ3n) is 3.38. The van der Waals surface area contributed by atoms with Crippen LogP contribution in [0.5, 0.6) is 0 Å². The van der Waals surface area contributed by atoms with Crippen molar-refractivity contribution in [2.75, 3.05) is 5.32 Å². The summed E-state index contributed by atoms with van der Waals surface area (Å²) < 4.78 is 21.2. The van der Waals surface area contributed by atoms with Gasteiger partial charge >= 0.3 is 0 Å². The fraction of sp³-hybridized carbons (Fsp3) is 0.176. The summed E-state index contributed by atoms with van der Waals surface area (Å²) in [6.45, 7) is 1.78. The molecule has 124 valence electrons. The van der Waals surface area contributed by atoms with Crippen LogP contribution in [0.1, 0.15) is 21.9 Å². The number of amides is 1. The lowest BCUT2D eigenvalue weighted by Gasteiger charge is -2.05. The van der Waals surface area contributed by atoms with Gasteiger partial charge in [-0.1, -0.05) is 17.8 Å². The number of nitrogens with one attached hydrogen (secondary N) is 1. The number of imidazole rings is 1. The second-order valence-corrected chi connectivity index (χ2v) is 6.26. The number of aromatic nitrogens is 2. The van der Waals surface area contributed by atoms with Crippen molar-refractivity contribution in [2.45, 2.75) is 17.8 Å². The number of aryl methyl sites for hydroxylation is 2. The molecule has 0 aliphatic carbocycles. The van der Waals surface area contributed by atoms with Crippen LogP contribution in [0.15, 0.2) is 52.3 Å². The minimum atomic E-state index is -0.481. The van der Waals surface area contributed by atoms with E-state index >= 15 is 0 Å². The molecule has 3 aromatic rings. The van der Waals surface area contributed by atoms with Crippen molar-refractivity contribution in [2.24, 2.45) is 7.05 Å². The van der Waals surface area contributed by atoms with E-state index in [1.165, 1.54) is 23.9 Å². The largest absolute Gasteiger partial charge is 0.455 e. The van der Waals surface area contributed by atoms with Crippen molar-refractivity contribution >= 4 is 23.4 Å². The van der Waals surface area contributed by atoms with Crippen molar-refractivity contribution in [3.63, 3.8) is 0 Å². The van der Waals surface area contributed by atoms with Gasteiger partial charge < -0.3 is 14.3 Å². The molecule has 2 heterocycles. The van der Waals surface area contributed by atoms with Gasteiger partial charge in [0.2, 0.25) is 0 Å². The van der Waals surface area contributed by atoms with Crippen LogP contribution >= 0.6 is 11.8 Å². The van der Waals surface area contributed by atoms with Gasteiger partial charge in [-0.2, -0.15) is 0 Å². The first-order chi connectivity index (χ1) is 11.5. The zero-order valence-corrected chi connectivity index (χ0v) is 14.1. The molecule has 1 N–H and O–H groups in total. The number of thioether (sulfide) groups is 1. The maximum Gasteiger partial charge on any atom is 0.291 e. The Kier molecular flexibility index (Phi) is 4.71. The molecule has 3 rings (SSSR count). The van der Waals surface area contributed by atoms with Gasteiger partial charge in [0, 0.05) is 19.4 Å². The Morgan fingerprint density at radius 1 is 1.38 bits per heavy atom. The Morgan fingerprint density at radius 2 is 2.21 bits per heavy atom. The van der Waals surface area contributed by atoms with Gasteiger partial charge in [0.15, 0.2) is 10.9 Å². The fourth-order valence-electron chi connectivity index (χ4n) is 2.11. The summed E-state index contributed by atoms with van der Waals surface area (Å²) >= 11 is 1.51. The summed E-state index contributed by atoms with van der Waals surface area (Å²) in [5.74, 6) is 0.395. The molecule has 0 radical (unpaired) electrons. The number of hydrogen-bond donors (Lipinski definition) is 1. The van der Waals surface area contributed by atoms with Gasteiger partial charge in [0.05, 0.1) is 11.4 Å². The number of anilines is 1. The Bertz CT molecular complexity index is 872. The highest BCUT2D eigenvalue weighted by Crippen LogP contribution is 2.22. The topological polar surface area (TPSA) is 60.1 Å². The van der Waals surface area contributed by atoms with Gasteiger partial charge in [0.1, 0.15) is 11.6 Å². The number of furan rings is 1. The molecular formula is C17H16FN3O2S. The van der Waals surface area contributed by atoms with Gasteiger partial charge in [-0.05, 0) is 36.8 Å². The van der Waals surface area contributed by atoms with Crippen LogP contribution in [0.3, 0.4) is 0 Å². The lowest BCUT2D eigenvalue weighted by atomic mass is 10.2. The molecule has 5 nitrogen and oxygen atoms in total. The molecule has 0 saturated carbocycles. The highest BCUT2D eigenvalue weighted by atomic mass is 32.2. The number of nitrogens with zero attached hydrogens (tertiary/aromatic N) is 2. The molecule has 0 fully saturated rings. The summed E-state index contributed by atoms with van der Waals surface area (Å²) in [6, 6.07) is 7.94. The summed E-state index contributed by atoms with van der Waals surface area (Å²) in [6.07, 6.45) is 3.58. The molecule has 1 aromatic carbocycles. The Balaban J connectivity index is 1.64. The van der Waals surface area contributed by atoms with Crippen molar-refractivity contribution < 1.29 is 13.6 Å². The normalized spacial score (nSPS) is 10.8. The predicted molar refractivity (Wildman–Crippen MR) is 90.6 cm³/mol. The van der Waals surface area contributed by atoms with Crippen molar-refractivity contribution in [3.8, 4) is 0 Å². The van der Waals surface area contributed by atoms with Gasteiger partial charge in [-0.25, -0.2) is 9.37 Å². The van der Waals surface area contributed by atoms with Crippen LogP contribution in [0.2, 0.25) is 0 Å². The lowest BCUT2D eigenvalue weighted by molar-refractivity contribution is 0.0995. The van der Waals surface area contributed by atoms with Crippen LogP contribution in [-0.4, -0.2) is 15.5 Å². The minimum absolute atomic E-state index is 0.130. The van der Waals surface area contributed by atoms with Crippen LogP contribution in [0.25, 0.3) is 0 Å². The van der Waals surface area contributed by atoms with Crippen molar-refractivity contribution in [1.82, 2.24) is 9.55 Å². The maximum absolute atomic E-state index is 13.8. The molecule has 0 atom stereocenters. The monoisotopic (exact) mass is 345 g/mol. The SMILES string of the molecule is Cc1ccc(NC(=O)c2ccc(CSc3nccn3C)o2)c(F)c1. The fourth-order valence-corrected chi connectivity index (χ4v) is 2.94. The molecule has 0 aliphatic heterocycles. The minimum Gasteiger partial charge on any atom is -0.455 e. The van der Waals surface area contributed by atoms with E-state index in [0.29, 0.717) is 11.5 Å². The average molecular weight is 345 g/mol. The summed E-state index contributed by atoms with van der Waals surface area (Å²) in [4.78, 5) is 16.4. The Morgan fingerprint density at radius 3 is 2.92 bits per heavy atom. The predicted octanol–water partition coefficient (Wildman–Crippen LogP) is 4.01. The number of hydrogen-bond acceptors (Lipinski definition) is 4. The van der Waals surface area contributed by atoms with E-state index in [0.717, 1.165) is 10.7 Å². The van der Waals surface area contributed by atoms with Crippen LogP contribution in [0.4, 0.5) is 10.1 Å². The van der Waals surface area contributed by atoms with E-state index in [4.69, 9.17) is 4.42 Å². The number of carbonyl (C=O) groups excluding carboxylic acids is 1. The lowest BCUT2D eigenvalue weighted by Crippen LogP contribution is -2.12. The van der Waals surface area contributed by atoms with E-state index in [2.05, 4.69) is 10.3 Å². The molecule has 0 aliphatic rings. The number of carbonyl (C=O) groups is 1. The zero-order valence-electron chi connectivity index (χ0n) is 13.2. The van der Waals surface area contributed by atoms with Gasteiger partial charge in [0.25, 0.3) is 5.91 Å². The van der Waals surface area contributed by atoms with Crippen LogP contribution in [-0.2, 0) is 12.8 Å². The first-order valence-corrected chi connectivity index (χ1v) is 8.28.